The Bertz CT molecular complexity index is 1060. The molecule has 2 aromatic carbocycles. The minimum Gasteiger partial charge on any atom is -0.240 e. The zero-order chi connectivity index (χ0) is 19.5. The van der Waals surface area contributed by atoms with Gasteiger partial charge in [0.05, 0.1) is 21.3 Å². The van der Waals surface area contributed by atoms with Crippen LogP contribution in [0.1, 0.15) is 35.1 Å². The fourth-order valence-electron chi connectivity index (χ4n) is 3.63. The second-order valence-electron chi connectivity index (χ2n) is 6.82. The van der Waals surface area contributed by atoms with Crippen LogP contribution in [0.5, 0.6) is 0 Å². The first-order valence-corrected chi connectivity index (χ1v) is 11.0. The van der Waals surface area contributed by atoms with E-state index < -0.39 is 0 Å². The van der Waals surface area contributed by atoms with E-state index in [1.165, 1.54) is 11.1 Å². The van der Waals surface area contributed by atoms with E-state index in [1.807, 2.05) is 30.3 Å². The lowest BCUT2D eigenvalue weighted by Gasteiger charge is -2.22. The lowest BCUT2D eigenvalue weighted by molar-refractivity contribution is 0.677. The third-order valence-corrected chi connectivity index (χ3v) is 6.79. The van der Waals surface area contributed by atoms with Crippen LogP contribution in [-0.4, -0.2) is 4.98 Å². The highest BCUT2D eigenvalue weighted by atomic mass is 35.5. The number of halogens is 2. The average molecular weight is 425 g/mol. The summed E-state index contributed by atoms with van der Waals surface area (Å²) in [6.07, 6.45) is 4.20. The fraction of sp³-hybridized carbons (Fsp3) is 0.217. The van der Waals surface area contributed by atoms with Crippen LogP contribution in [0.2, 0.25) is 10.0 Å². The number of fused-ring (bicyclic) bond motifs is 1. The summed E-state index contributed by atoms with van der Waals surface area (Å²) < 4.78 is 0. The quantitative estimate of drug-likeness (QED) is 0.419. The van der Waals surface area contributed by atoms with Gasteiger partial charge in [-0.25, -0.2) is 4.98 Å². The Labute approximate surface area is 179 Å². The smallest absolute Gasteiger partial charge is 0.115 e. The zero-order valence-corrected chi connectivity index (χ0v) is 17.5. The molecule has 3 aromatic rings. The number of pyridine rings is 1. The molecule has 0 atom stereocenters. The van der Waals surface area contributed by atoms with Crippen LogP contribution in [0.3, 0.4) is 0 Å². The molecule has 0 saturated carbocycles. The molecule has 0 N–H and O–H groups in total. The van der Waals surface area contributed by atoms with E-state index >= 15 is 0 Å². The lowest BCUT2D eigenvalue weighted by Crippen LogP contribution is -2.10. The summed E-state index contributed by atoms with van der Waals surface area (Å²) in [6, 6.07) is 18.3. The number of aromatic nitrogens is 1. The van der Waals surface area contributed by atoms with E-state index in [0.29, 0.717) is 15.8 Å². The fourth-order valence-corrected chi connectivity index (χ4v) is 4.90. The van der Waals surface area contributed by atoms with Gasteiger partial charge in [-0.3, -0.25) is 0 Å². The highest BCUT2D eigenvalue weighted by Crippen LogP contribution is 2.37. The number of rotatable bonds is 4. The minimum atomic E-state index is 0.545. The van der Waals surface area contributed by atoms with Crippen LogP contribution < -0.4 is 0 Å². The Balaban J connectivity index is 1.75. The van der Waals surface area contributed by atoms with Crippen LogP contribution in [0.4, 0.5) is 0 Å². The molecule has 0 aliphatic heterocycles. The van der Waals surface area contributed by atoms with Gasteiger partial charge in [0.15, 0.2) is 0 Å². The van der Waals surface area contributed by atoms with Crippen molar-refractivity contribution < 1.29 is 0 Å². The Morgan fingerprint density at radius 3 is 2.43 bits per heavy atom. The van der Waals surface area contributed by atoms with Crippen molar-refractivity contribution in [1.29, 1.82) is 5.26 Å². The Kier molecular flexibility index (Phi) is 5.92. The van der Waals surface area contributed by atoms with Gasteiger partial charge in [0, 0.05) is 11.3 Å². The summed E-state index contributed by atoms with van der Waals surface area (Å²) in [5.41, 5.74) is 6.35. The predicted octanol–water partition coefficient (Wildman–Crippen LogP) is 7.10. The van der Waals surface area contributed by atoms with Crippen molar-refractivity contribution in [1.82, 2.24) is 4.98 Å². The molecule has 0 amide bonds. The van der Waals surface area contributed by atoms with Gasteiger partial charge in [0.1, 0.15) is 11.1 Å². The number of thioether (sulfide) groups is 1. The SMILES string of the molecule is N#Cc1c(SCc2ccc(Cl)c(Cl)c2)nc(-c2ccccc2)c2c1CCCC2. The van der Waals surface area contributed by atoms with Crippen molar-refractivity contribution in [2.45, 2.75) is 36.5 Å². The standard InChI is InChI=1S/C23H18Cl2N2S/c24-20-11-10-15(12-21(20)25)14-28-23-19(13-26)17-8-4-5-9-18(17)22(27-23)16-6-2-1-3-7-16/h1-3,6-7,10-12H,4-5,8-9,14H2. The van der Waals surface area contributed by atoms with E-state index in [0.717, 1.165) is 53.1 Å². The summed E-state index contributed by atoms with van der Waals surface area (Å²) in [5, 5.41) is 11.8. The highest BCUT2D eigenvalue weighted by molar-refractivity contribution is 7.98. The molecule has 0 bridgehead atoms. The highest BCUT2D eigenvalue weighted by Gasteiger charge is 2.23. The van der Waals surface area contributed by atoms with Gasteiger partial charge in [-0.05, 0) is 54.5 Å². The number of nitriles is 1. The van der Waals surface area contributed by atoms with E-state index in [-0.39, 0.29) is 0 Å². The second kappa shape index (κ2) is 8.57. The van der Waals surface area contributed by atoms with Crippen LogP contribution in [0, 0.1) is 11.3 Å². The van der Waals surface area contributed by atoms with Crippen molar-refractivity contribution >= 4 is 35.0 Å². The van der Waals surface area contributed by atoms with Crippen molar-refractivity contribution in [3.05, 3.63) is 80.8 Å². The Morgan fingerprint density at radius 2 is 1.71 bits per heavy atom. The molecule has 1 aliphatic rings. The largest absolute Gasteiger partial charge is 0.240 e. The Hall–Kier alpha value is -1.99. The van der Waals surface area contributed by atoms with Crippen molar-refractivity contribution in [2.75, 3.05) is 0 Å². The summed E-state index contributed by atoms with van der Waals surface area (Å²) in [6.45, 7) is 0. The monoisotopic (exact) mass is 424 g/mol. The topological polar surface area (TPSA) is 36.7 Å². The summed E-state index contributed by atoms with van der Waals surface area (Å²) in [4.78, 5) is 4.96. The van der Waals surface area contributed by atoms with E-state index in [9.17, 15) is 5.26 Å². The molecule has 0 spiro atoms. The summed E-state index contributed by atoms with van der Waals surface area (Å²) in [7, 11) is 0. The molecule has 1 aromatic heterocycles. The molecule has 5 heteroatoms. The van der Waals surface area contributed by atoms with Crippen LogP contribution >= 0.6 is 35.0 Å². The number of benzene rings is 2. The number of nitrogens with zero attached hydrogens (tertiary/aromatic N) is 2. The van der Waals surface area contributed by atoms with Gasteiger partial charge in [-0.2, -0.15) is 5.26 Å². The van der Waals surface area contributed by atoms with Gasteiger partial charge in [0.2, 0.25) is 0 Å². The van der Waals surface area contributed by atoms with Crippen molar-refractivity contribution in [3.8, 4) is 17.3 Å². The van der Waals surface area contributed by atoms with Gasteiger partial charge in [-0.1, -0.05) is 59.6 Å². The van der Waals surface area contributed by atoms with Crippen LogP contribution in [-0.2, 0) is 18.6 Å². The van der Waals surface area contributed by atoms with Gasteiger partial charge in [-0.15, -0.1) is 11.8 Å². The third kappa shape index (κ3) is 3.91. The van der Waals surface area contributed by atoms with Crippen LogP contribution in [0.25, 0.3) is 11.3 Å². The van der Waals surface area contributed by atoms with E-state index in [4.69, 9.17) is 28.2 Å². The minimum absolute atomic E-state index is 0.545. The molecule has 4 rings (SSSR count). The predicted molar refractivity (Wildman–Crippen MR) is 117 cm³/mol. The molecule has 1 heterocycles. The molecule has 2 nitrogen and oxygen atoms in total. The van der Waals surface area contributed by atoms with E-state index in [2.05, 4.69) is 18.2 Å². The van der Waals surface area contributed by atoms with Gasteiger partial charge < -0.3 is 0 Å². The van der Waals surface area contributed by atoms with Gasteiger partial charge >= 0.3 is 0 Å². The molecule has 140 valence electrons. The van der Waals surface area contributed by atoms with Crippen molar-refractivity contribution in [3.63, 3.8) is 0 Å². The maximum atomic E-state index is 9.87. The van der Waals surface area contributed by atoms with Crippen molar-refractivity contribution in [2.24, 2.45) is 0 Å². The lowest BCUT2D eigenvalue weighted by atomic mass is 9.86. The molecule has 0 saturated heterocycles. The molecular formula is C23H18Cl2N2S. The van der Waals surface area contributed by atoms with Crippen LogP contribution in [0.15, 0.2) is 53.6 Å². The normalized spacial score (nSPS) is 13.0. The molecule has 0 fully saturated rings. The number of hydrogen-bond donors (Lipinski definition) is 0. The maximum Gasteiger partial charge on any atom is 0.115 e. The number of hydrogen-bond acceptors (Lipinski definition) is 3. The zero-order valence-electron chi connectivity index (χ0n) is 15.2. The third-order valence-electron chi connectivity index (χ3n) is 5.00. The molecular weight excluding hydrogens is 407 g/mol. The molecule has 1 aliphatic carbocycles. The maximum absolute atomic E-state index is 9.87. The second-order valence-corrected chi connectivity index (χ2v) is 8.60. The first-order valence-electron chi connectivity index (χ1n) is 9.25. The first-order chi connectivity index (χ1) is 13.7. The first kappa shape index (κ1) is 19.3. The van der Waals surface area contributed by atoms with Gasteiger partial charge in [0.25, 0.3) is 0 Å². The molecule has 28 heavy (non-hydrogen) atoms. The molecule has 0 unspecified atom stereocenters. The Morgan fingerprint density at radius 1 is 0.964 bits per heavy atom. The average Bonchev–Trinajstić information content (AvgIpc) is 2.74. The van der Waals surface area contributed by atoms with E-state index in [1.54, 1.807) is 17.8 Å². The summed E-state index contributed by atoms with van der Waals surface area (Å²) >= 11 is 13.8. The molecule has 0 radical (unpaired) electrons. The summed E-state index contributed by atoms with van der Waals surface area (Å²) in [5.74, 6) is 0.686.